The van der Waals surface area contributed by atoms with Gasteiger partial charge in [0.25, 0.3) is 5.91 Å². The van der Waals surface area contributed by atoms with Gasteiger partial charge in [-0.1, -0.05) is 22.9 Å². The summed E-state index contributed by atoms with van der Waals surface area (Å²) in [6, 6.07) is 9.66. The molecular weight excluding hydrogens is 418 g/mol. The zero-order chi connectivity index (χ0) is 20.3. The Kier molecular flexibility index (Phi) is 6.25. The number of carbonyl (C=O) groups excluding carboxylic acids is 1. The highest BCUT2D eigenvalue weighted by Crippen LogP contribution is 2.34. The maximum absolute atomic E-state index is 12.8. The normalized spacial score (nSPS) is 16.1. The highest BCUT2D eigenvalue weighted by molar-refractivity contribution is 9.10. The van der Waals surface area contributed by atoms with E-state index in [2.05, 4.69) is 38.8 Å². The van der Waals surface area contributed by atoms with E-state index in [1.54, 1.807) is 6.08 Å². The number of halogens is 1. The standard InChI is InChI=1S/C22H24BrN3O2/c1-4-8-26-14(2)10-16(15(26)3)11-17(13-24)22(27)25-20-7-9-28-21-6-5-18(23)12-19(20)21/h5-6,10-12,20H,4,7-9H2,1-3H3,(H,25,27)/b17-11+. The van der Waals surface area contributed by atoms with Crippen molar-refractivity contribution < 1.29 is 9.53 Å². The Hall–Kier alpha value is -2.52. The van der Waals surface area contributed by atoms with Crippen molar-refractivity contribution in [2.45, 2.75) is 46.2 Å². The second-order valence-electron chi connectivity index (χ2n) is 6.99. The molecule has 6 heteroatoms. The lowest BCUT2D eigenvalue weighted by Gasteiger charge is -2.26. The van der Waals surface area contributed by atoms with Gasteiger partial charge >= 0.3 is 0 Å². The number of hydrogen-bond acceptors (Lipinski definition) is 3. The molecule has 1 aliphatic heterocycles. The topological polar surface area (TPSA) is 67.0 Å². The minimum atomic E-state index is -0.361. The average molecular weight is 442 g/mol. The van der Waals surface area contributed by atoms with Crippen molar-refractivity contribution in [1.82, 2.24) is 9.88 Å². The Morgan fingerprint density at radius 2 is 2.21 bits per heavy atom. The SMILES string of the molecule is CCCn1c(C)cc(/C=C(\C#N)C(=O)NC2CCOc3ccc(Br)cc32)c1C. The molecule has 0 fully saturated rings. The molecule has 0 saturated carbocycles. The zero-order valence-corrected chi connectivity index (χ0v) is 18.0. The fourth-order valence-electron chi connectivity index (χ4n) is 3.60. The van der Waals surface area contributed by atoms with E-state index in [1.165, 1.54) is 0 Å². The molecule has 1 N–H and O–H groups in total. The van der Waals surface area contributed by atoms with Crippen LogP contribution < -0.4 is 10.1 Å². The van der Waals surface area contributed by atoms with Gasteiger partial charge in [-0.05, 0) is 56.2 Å². The average Bonchev–Trinajstić information content (AvgIpc) is 2.94. The summed E-state index contributed by atoms with van der Waals surface area (Å²) < 4.78 is 8.81. The smallest absolute Gasteiger partial charge is 0.262 e. The molecule has 1 aromatic carbocycles. The van der Waals surface area contributed by atoms with Crippen LogP contribution in [0.25, 0.3) is 6.08 Å². The van der Waals surface area contributed by atoms with E-state index < -0.39 is 0 Å². The van der Waals surface area contributed by atoms with Crippen LogP contribution in [0.15, 0.2) is 34.3 Å². The number of aromatic nitrogens is 1. The summed E-state index contributed by atoms with van der Waals surface area (Å²) in [4.78, 5) is 12.8. The first-order valence-electron chi connectivity index (χ1n) is 9.46. The van der Waals surface area contributed by atoms with Crippen LogP contribution in [0.5, 0.6) is 5.75 Å². The first-order valence-corrected chi connectivity index (χ1v) is 10.3. The van der Waals surface area contributed by atoms with Gasteiger partial charge in [0, 0.05) is 34.4 Å². The van der Waals surface area contributed by atoms with Gasteiger partial charge in [-0.15, -0.1) is 0 Å². The van der Waals surface area contributed by atoms with Crippen LogP contribution in [0.1, 0.15) is 48.3 Å². The second kappa shape index (κ2) is 8.66. The number of ether oxygens (including phenoxy) is 1. The van der Waals surface area contributed by atoms with Gasteiger partial charge < -0.3 is 14.6 Å². The minimum absolute atomic E-state index is 0.111. The predicted octanol–water partition coefficient (Wildman–Crippen LogP) is 4.82. The molecule has 1 amide bonds. The van der Waals surface area contributed by atoms with Crippen LogP contribution in [-0.2, 0) is 11.3 Å². The number of rotatable bonds is 5. The summed E-state index contributed by atoms with van der Waals surface area (Å²) in [7, 11) is 0. The third-order valence-corrected chi connectivity index (χ3v) is 5.53. The van der Waals surface area contributed by atoms with Crippen molar-refractivity contribution in [2.75, 3.05) is 6.61 Å². The molecule has 1 aromatic heterocycles. The van der Waals surface area contributed by atoms with Gasteiger partial charge in [0.1, 0.15) is 17.4 Å². The van der Waals surface area contributed by atoms with Gasteiger partial charge in [-0.3, -0.25) is 4.79 Å². The molecule has 1 atom stereocenters. The fourth-order valence-corrected chi connectivity index (χ4v) is 3.98. The van der Waals surface area contributed by atoms with Gasteiger partial charge in [-0.2, -0.15) is 5.26 Å². The molecule has 2 heterocycles. The van der Waals surface area contributed by atoms with Crippen LogP contribution >= 0.6 is 15.9 Å². The molecule has 0 aliphatic carbocycles. The van der Waals surface area contributed by atoms with Crippen molar-refractivity contribution in [3.05, 3.63) is 56.8 Å². The van der Waals surface area contributed by atoms with Crippen LogP contribution in [-0.4, -0.2) is 17.1 Å². The predicted molar refractivity (Wildman–Crippen MR) is 113 cm³/mol. The number of hydrogen-bond donors (Lipinski definition) is 1. The molecule has 0 bridgehead atoms. The van der Waals surface area contributed by atoms with Crippen LogP contribution in [0.3, 0.4) is 0 Å². The lowest BCUT2D eigenvalue weighted by Crippen LogP contribution is -2.32. The summed E-state index contributed by atoms with van der Waals surface area (Å²) in [6.07, 6.45) is 3.38. The maximum Gasteiger partial charge on any atom is 0.262 e. The van der Waals surface area contributed by atoms with E-state index in [0.717, 1.165) is 45.7 Å². The van der Waals surface area contributed by atoms with Gasteiger partial charge in [0.15, 0.2) is 0 Å². The number of nitriles is 1. The molecule has 5 nitrogen and oxygen atoms in total. The monoisotopic (exact) mass is 441 g/mol. The first kappa shape index (κ1) is 20.2. The number of aryl methyl sites for hydroxylation is 1. The summed E-state index contributed by atoms with van der Waals surface area (Å²) in [5.74, 6) is 0.408. The summed E-state index contributed by atoms with van der Waals surface area (Å²) in [5, 5.41) is 12.6. The van der Waals surface area contributed by atoms with E-state index >= 15 is 0 Å². The fraction of sp³-hybridized carbons (Fsp3) is 0.364. The summed E-state index contributed by atoms with van der Waals surface area (Å²) in [5.41, 5.74) is 4.15. The molecule has 1 aliphatic rings. The molecule has 1 unspecified atom stereocenters. The van der Waals surface area contributed by atoms with Gasteiger partial charge in [0.05, 0.1) is 12.6 Å². The zero-order valence-electron chi connectivity index (χ0n) is 16.4. The lowest BCUT2D eigenvalue weighted by molar-refractivity contribution is -0.117. The Balaban J connectivity index is 1.84. The quantitative estimate of drug-likeness (QED) is 0.533. The minimum Gasteiger partial charge on any atom is -0.493 e. The van der Waals surface area contributed by atoms with Crippen molar-refractivity contribution >= 4 is 27.9 Å². The summed E-state index contributed by atoms with van der Waals surface area (Å²) in [6.45, 7) is 7.65. The van der Waals surface area contributed by atoms with Crippen molar-refractivity contribution in [2.24, 2.45) is 0 Å². The Morgan fingerprint density at radius 3 is 2.93 bits per heavy atom. The molecule has 28 heavy (non-hydrogen) atoms. The largest absolute Gasteiger partial charge is 0.493 e. The number of amides is 1. The van der Waals surface area contributed by atoms with E-state index in [9.17, 15) is 10.1 Å². The van der Waals surface area contributed by atoms with E-state index in [4.69, 9.17) is 4.74 Å². The highest BCUT2D eigenvalue weighted by atomic mass is 79.9. The molecule has 2 aromatic rings. The van der Waals surface area contributed by atoms with Gasteiger partial charge in [-0.25, -0.2) is 0 Å². The van der Waals surface area contributed by atoms with Crippen LogP contribution in [0.2, 0.25) is 0 Å². The van der Waals surface area contributed by atoms with Crippen LogP contribution in [0.4, 0.5) is 0 Å². The highest BCUT2D eigenvalue weighted by Gasteiger charge is 2.24. The molecule has 3 rings (SSSR count). The molecular formula is C22H24BrN3O2. The Morgan fingerprint density at radius 1 is 1.43 bits per heavy atom. The Labute approximate surface area is 174 Å². The van der Waals surface area contributed by atoms with Crippen molar-refractivity contribution in [3.8, 4) is 11.8 Å². The van der Waals surface area contributed by atoms with Crippen molar-refractivity contribution in [1.29, 1.82) is 5.26 Å². The molecule has 0 spiro atoms. The number of nitrogens with zero attached hydrogens (tertiary/aromatic N) is 2. The van der Waals surface area contributed by atoms with E-state index in [0.29, 0.717) is 13.0 Å². The lowest BCUT2D eigenvalue weighted by atomic mass is 10.00. The Bertz CT molecular complexity index is 969. The third-order valence-electron chi connectivity index (χ3n) is 5.04. The van der Waals surface area contributed by atoms with Crippen LogP contribution in [0, 0.1) is 25.2 Å². The number of carbonyl (C=O) groups is 1. The van der Waals surface area contributed by atoms with Crippen molar-refractivity contribution in [3.63, 3.8) is 0 Å². The number of benzene rings is 1. The molecule has 0 saturated heterocycles. The summed E-state index contributed by atoms with van der Waals surface area (Å²) >= 11 is 3.47. The molecule has 146 valence electrons. The van der Waals surface area contributed by atoms with E-state index in [-0.39, 0.29) is 17.5 Å². The van der Waals surface area contributed by atoms with E-state index in [1.807, 2.05) is 38.1 Å². The number of fused-ring (bicyclic) bond motifs is 1. The molecule has 0 radical (unpaired) electrons. The third kappa shape index (κ3) is 4.15. The second-order valence-corrected chi connectivity index (χ2v) is 7.91. The van der Waals surface area contributed by atoms with Gasteiger partial charge in [0.2, 0.25) is 0 Å². The maximum atomic E-state index is 12.8. The number of nitrogens with one attached hydrogen (secondary N) is 1. The first-order chi connectivity index (χ1) is 13.4.